The van der Waals surface area contributed by atoms with Crippen LogP contribution in [0.1, 0.15) is 27.8 Å². The van der Waals surface area contributed by atoms with Crippen LogP contribution in [0.5, 0.6) is 17.2 Å². The standard InChI is InChI=1S/C26H26N2O4/c1-14-20(7-8-29)22(19-5-6-21-26(15(19)2)32-10-9-31-21)16(3)23-24(14)27-12-17-11-18(30-4)13-28-25(17)23/h5-6,8,11,13,27H,7,9-10,12H2,1-4H3. The zero-order valence-corrected chi connectivity index (χ0v) is 18.8. The fraction of sp³-hybridized carbons (Fsp3) is 0.308. The maximum absolute atomic E-state index is 11.7. The van der Waals surface area contributed by atoms with E-state index in [1.54, 1.807) is 13.3 Å². The lowest BCUT2D eigenvalue weighted by molar-refractivity contribution is -0.107. The largest absolute Gasteiger partial charge is 0.495 e. The molecular weight excluding hydrogens is 404 g/mol. The molecule has 0 radical (unpaired) electrons. The van der Waals surface area contributed by atoms with Crippen LogP contribution in [0.4, 0.5) is 5.69 Å². The normalized spacial score (nSPS) is 13.6. The predicted molar refractivity (Wildman–Crippen MR) is 124 cm³/mol. The minimum absolute atomic E-state index is 0.341. The van der Waals surface area contributed by atoms with Crippen LogP contribution in [0.15, 0.2) is 24.4 Å². The average molecular weight is 431 g/mol. The van der Waals surface area contributed by atoms with Crippen molar-refractivity contribution in [3.05, 3.63) is 52.2 Å². The first-order valence-electron chi connectivity index (χ1n) is 10.8. The molecule has 2 aliphatic rings. The third kappa shape index (κ3) is 3.01. The van der Waals surface area contributed by atoms with E-state index in [9.17, 15) is 4.79 Å². The number of ether oxygens (including phenoxy) is 3. The molecule has 0 aliphatic carbocycles. The molecule has 1 N–H and O–H groups in total. The Bertz CT molecular complexity index is 1250. The molecule has 3 heterocycles. The zero-order chi connectivity index (χ0) is 22.4. The summed E-state index contributed by atoms with van der Waals surface area (Å²) in [5.41, 5.74) is 10.5. The number of carbonyl (C=O) groups is 1. The molecule has 0 unspecified atom stereocenters. The van der Waals surface area contributed by atoms with E-state index in [0.717, 1.165) is 79.4 Å². The van der Waals surface area contributed by atoms with Crippen LogP contribution in [-0.4, -0.2) is 31.6 Å². The Labute approximate surface area is 187 Å². The van der Waals surface area contributed by atoms with Gasteiger partial charge in [0.2, 0.25) is 0 Å². The van der Waals surface area contributed by atoms with Crippen molar-refractivity contribution in [2.75, 3.05) is 25.6 Å². The van der Waals surface area contributed by atoms with Crippen LogP contribution in [-0.2, 0) is 17.8 Å². The highest BCUT2D eigenvalue weighted by molar-refractivity contribution is 5.94. The molecule has 1 aromatic heterocycles. The van der Waals surface area contributed by atoms with Crippen LogP contribution >= 0.6 is 0 Å². The van der Waals surface area contributed by atoms with E-state index in [1.807, 2.05) is 12.1 Å². The number of nitrogens with zero attached hydrogens (tertiary/aromatic N) is 1. The number of carbonyl (C=O) groups excluding carboxylic acids is 1. The Morgan fingerprint density at radius 2 is 1.91 bits per heavy atom. The fourth-order valence-electron chi connectivity index (χ4n) is 4.95. The van der Waals surface area contributed by atoms with Crippen LogP contribution in [0.3, 0.4) is 0 Å². The topological polar surface area (TPSA) is 69.7 Å². The zero-order valence-electron chi connectivity index (χ0n) is 18.8. The van der Waals surface area contributed by atoms with Gasteiger partial charge in [-0.25, -0.2) is 0 Å². The number of pyridine rings is 1. The fourth-order valence-corrected chi connectivity index (χ4v) is 4.95. The lowest BCUT2D eigenvalue weighted by Gasteiger charge is -2.30. The molecule has 0 amide bonds. The first kappa shape index (κ1) is 20.4. The average Bonchev–Trinajstić information content (AvgIpc) is 2.82. The second-order valence-electron chi connectivity index (χ2n) is 8.22. The molecule has 164 valence electrons. The molecule has 32 heavy (non-hydrogen) atoms. The summed E-state index contributed by atoms with van der Waals surface area (Å²) in [6, 6.07) is 6.07. The number of benzene rings is 2. The number of nitrogens with one attached hydrogen (secondary N) is 1. The van der Waals surface area contributed by atoms with Gasteiger partial charge in [0.05, 0.1) is 19.0 Å². The number of fused-ring (bicyclic) bond motifs is 4. The molecule has 2 aliphatic heterocycles. The van der Waals surface area contributed by atoms with Gasteiger partial charge >= 0.3 is 0 Å². The van der Waals surface area contributed by atoms with E-state index in [0.29, 0.717) is 26.2 Å². The van der Waals surface area contributed by atoms with Crippen molar-refractivity contribution >= 4 is 12.0 Å². The summed E-state index contributed by atoms with van der Waals surface area (Å²) in [6.07, 6.45) is 3.08. The Hall–Kier alpha value is -3.54. The van der Waals surface area contributed by atoms with E-state index in [-0.39, 0.29) is 0 Å². The number of hydrogen-bond acceptors (Lipinski definition) is 6. The van der Waals surface area contributed by atoms with Gasteiger partial charge in [0.15, 0.2) is 11.5 Å². The molecule has 0 atom stereocenters. The molecule has 0 spiro atoms. The van der Waals surface area contributed by atoms with Crippen LogP contribution in [0.2, 0.25) is 0 Å². The minimum atomic E-state index is 0.341. The smallest absolute Gasteiger partial charge is 0.164 e. The molecule has 6 nitrogen and oxygen atoms in total. The Balaban J connectivity index is 1.81. The summed E-state index contributed by atoms with van der Waals surface area (Å²) in [7, 11) is 1.65. The van der Waals surface area contributed by atoms with Crippen molar-refractivity contribution in [3.8, 4) is 39.6 Å². The molecule has 0 saturated heterocycles. The summed E-state index contributed by atoms with van der Waals surface area (Å²) in [6.45, 7) is 7.99. The van der Waals surface area contributed by atoms with Crippen molar-refractivity contribution in [2.24, 2.45) is 0 Å². The van der Waals surface area contributed by atoms with Crippen molar-refractivity contribution in [1.82, 2.24) is 4.98 Å². The molecule has 3 aromatic rings. The monoisotopic (exact) mass is 430 g/mol. The van der Waals surface area contributed by atoms with Gasteiger partial charge < -0.3 is 24.3 Å². The lowest BCUT2D eigenvalue weighted by Crippen LogP contribution is -2.17. The molecular formula is C26H26N2O4. The quantitative estimate of drug-likeness (QED) is 0.601. The third-order valence-corrected chi connectivity index (χ3v) is 6.51. The second-order valence-corrected chi connectivity index (χ2v) is 8.22. The van der Waals surface area contributed by atoms with Gasteiger partial charge in [0.25, 0.3) is 0 Å². The predicted octanol–water partition coefficient (Wildman–Crippen LogP) is 4.79. The summed E-state index contributed by atoms with van der Waals surface area (Å²) < 4.78 is 17.1. The first-order chi connectivity index (χ1) is 15.5. The number of rotatable bonds is 4. The van der Waals surface area contributed by atoms with Gasteiger partial charge in [-0.2, -0.15) is 0 Å². The Kier molecular flexibility index (Phi) is 5.00. The highest BCUT2D eigenvalue weighted by Gasteiger charge is 2.28. The van der Waals surface area contributed by atoms with Gasteiger partial charge in [-0.3, -0.25) is 4.98 Å². The number of hydrogen-bond donors (Lipinski definition) is 1. The van der Waals surface area contributed by atoms with Crippen LogP contribution in [0, 0.1) is 20.8 Å². The molecule has 5 rings (SSSR count). The Morgan fingerprint density at radius 1 is 1.09 bits per heavy atom. The van der Waals surface area contributed by atoms with Crippen molar-refractivity contribution in [1.29, 1.82) is 0 Å². The summed E-state index contributed by atoms with van der Waals surface area (Å²) in [5.74, 6) is 2.29. The van der Waals surface area contributed by atoms with Gasteiger partial charge in [-0.05, 0) is 60.7 Å². The minimum Gasteiger partial charge on any atom is -0.495 e. The van der Waals surface area contributed by atoms with Crippen LogP contribution < -0.4 is 19.5 Å². The third-order valence-electron chi connectivity index (χ3n) is 6.51. The lowest BCUT2D eigenvalue weighted by atomic mass is 9.81. The highest BCUT2D eigenvalue weighted by Crippen LogP contribution is 2.48. The molecule has 2 aromatic carbocycles. The molecule has 0 saturated carbocycles. The second kappa shape index (κ2) is 7.86. The summed E-state index contributed by atoms with van der Waals surface area (Å²) in [4.78, 5) is 16.4. The van der Waals surface area contributed by atoms with Crippen molar-refractivity contribution in [2.45, 2.75) is 33.7 Å². The van der Waals surface area contributed by atoms with Gasteiger partial charge in [-0.1, -0.05) is 6.07 Å². The number of methoxy groups -OCH3 is 1. The van der Waals surface area contributed by atoms with Crippen molar-refractivity contribution in [3.63, 3.8) is 0 Å². The number of aldehydes is 1. The SMILES string of the molecule is COc1cnc2c(c1)CNc1c(C)c(CC=O)c(-c3ccc4c(c3C)OCCO4)c(C)c1-2. The number of anilines is 1. The van der Waals surface area contributed by atoms with E-state index >= 15 is 0 Å². The van der Waals surface area contributed by atoms with E-state index in [4.69, 9.17) is 19.2 Å². The maximum atomic E-state index is 11.7. The number of aromatic nitrogens is 1. The van der Waals surface area contributed by atoms with E-state index in [1.165, 1.54) is 0 Å². The van der Waals surface area contributed by atoms with Crippen LogP contribution in [0.25, 0.3) is 22.4 Å². The maximum Gasteiger partial charge on any atom is 0.164 e. The van der Waals surface area contributed by atoms with E-state index in [2.05, 4.69) is 32.2 Å². The van der Waals surface area contributed by atoms with Gasteiger partial charge in [0.1, 0.15) is 25.2 Å². The summed E-state index contributed by atoms with van der Waals surface area (Å²) >= 11 is 0. The summed E-state index contributed by atoms with van der Waals surface area (Å²) in [5, 5.41) is 3.57. The highest BCUT2D eigenvalue weighted by atomic mass is 16.6. The molecule has 0 bridgehead atoms. The van der Waals surface area contributed by atoms with Gasteiger partial charge in [0, 0.05) is 35.3 Å². The van der Waals surface area contributed by atoms with Crippen molar-refractivity contribution < 1.29 is 19.0 Å². The molecule has 0 fully saturated rings. The molecule has 6 heteroatoms. The first-order valence-corrected chi connectivity index (χ1v) is 10.8. The van der Waals surface area contributed by atoms with Gasteiger partial charge in [-0.15, -0.1) is 0 Å². The van der Waals surface area contributed by atoms with E-state index < -0.39 is 0 Å². The Morgan fingerprint density at radius 3 is 2.69 bits per heavy atom.